The highest BCUT2D eigenvalue weighted by molar-refractivity contribution is 5.69. The van der Waals surface area contributed by atoms with Gasteiger partial charge < -0.3 is 9.64 Å². The molecule has 98 valence electrons. The van der Waals surface area contributed by atoms with Crippen molar-refractivity contribution in [2.45, 2.75) is 31.2 Å². The Morgan fingerprint density at radius 3 is 3.11 bits per heavy atom. The molecule has 0 unspecified atom stereocenters. The summed E-state index contributed by atoms with van der Waals surface area (Å²) in [6, 6.07) is 10.6. The molecule has 1 aromatic rings. The van der Waals surface area contributed by atoms with Gasteiger partial charge in [-0.3, -0.25) is 4.79 Å². The molecule has 4 nitrogen and oxygen atoms in total. The van der Waals surface area contributed by atoms with E-state index in [1.54, 1.807) is 0 Å². The van der Waals surface area contributed by atoms with E-state index in [0.717, 1.165) is 30.6 Å². The van der Waals surface area contributed by atoms with E-state index in [1.807, 2.05) is 18.2 Å². The second-order valence-corrected chi connectivity index (χ2v) is 5.23. The minimum atomic E-state index is -0.710. The summed E-state index contributed by atoms with van der Waals surface area (Å²) in [5.41, 5.74) is 1.42. The Morgan fingerprint density at radius 1 is 1.58 bits per heavy atom. The number of nitriles is 1. The van der Waals surface area contributed by atoms with Crippen molar-refractivity contribution in [2.75, 3.05) is 18.1 Å². The number of ether oxygens (including phenoxy) is 1. The summed E-state index contributed by atoms with van der Waals surface area (Å²) in [6.07, 6.45) is 2.06. The minimum absolute atomic E-state index is 0.134. The number of rotatable bonds is 2. The summed E-state index contributed by atoms with van der Waals surface area (Å²) >= 11 is 0. The molecule has 2 heterocycles. The first-order valence-electron chi connectivity index (χ1n) is 6.60. The van der Waals surface area contributed by atoms with Crippen LogP contribution in [0.2, 0.25) is 0 Å². The van der Waals surface area contributed by atoms with Crippen molar-refractivity contribution in [3.8, 4) is 6.07 Å². The maximum atomic E-state index is 11.1. The quantitative estimate of drug-likeness (QED) is 0.759. The number of fused-ring (bicyclic) bond motifs is 3. The van der Waals surface area contributed by atoms with Gasteiger partial charge in [-0.25, -0.2) is 0 Å². The Morgan fingerprint density at radius 2 is 2.37 bits per heavy atom. The van der Waals surface area contributed by atoms with E-state index in [4.69, 9.17) is 4.74 Å². The first-order chi connectivity index (χ1) is 9.19. The molecular weight excluding hydrogens is 240 g/mol. The molecule has 0 N–H and O–H groups in total. The number of esters is 1. The van der Waals surface area contributed by atoms with Crippen molar-refractivity contribution in [1.82, 2.24) is 0 Å². The predicted molar refractivity (Wildman–Crippen MR) is 70.7 cm³/mol. The van der Waals surface area contributed by atoms with Crippen molar-refractivity contribution in [1.29, 1.82) is 5.26 Å². The van der Waals surface area contributed by atoms with Crippen LogP contribution in [0.3, 0.4) is 0 Å². The summed E-state index contributed by atoms with van der Waals surface area (Å²) in [6.45, 7) is 2.51. The molecule has 3 rings (SSSR count). The molecule has 1 saturated heterocycles. The Kier molecular flexibility index (Phi) is 2.70. The zero-order chi connectivity index (χ0) is 13.5. The lowest BCUT2D eigenvalue weighted by atomic mass is 9.77. The Balaban J connectivity index is 2.07. The molecule has 19 heavy (non-hydrogen) atoms. The summed E-state index contributed by atoms with van der Waals surface area (Å²) in [7, 11) is 0. The third-order valence-electron chi connectivity index (χ3n) is 4.22. The molecule has 0 radical (unpaired) electrons. The van der Waals surface area contributed by atoms with E-state index >= 15 is 0 Å². The number of para-hydroxylation sites is 1. The third-order valence-corrected chi connectivity index (χ3v) is 4.22. The van der Waals surface area contributed by atoms with Gasteiger partial charge in [0.25, 0.3) is 0 Å². The van der Waals surface area contributed by atoms with Crippen molar-refractivity contribution < 1.29 is 9.53 Å². The highest BCUT2D eigenvalue weighted by Gasteiger charge is 2.53. The molecule has 2 aliphatic heterocycles. The fourth-order valence-corrected chi connectivity index (χ4v) is 3.40. The lowest BCUT2D eigenvalue weighted by Crippen LogP contribution is -2.44. The van der Waals surface area contributed by atoms with Gasteiger partial charge in [-0.15, -0.1) is 0 Å². The van der Waals surface area contributed by atoms with Crippen molar-refractivity contribution in [3.05, 3.63) is 29.8 Å². The van der Waals surface area contributed by atoms with Gasteiger partial charge in [-0.1, -0.05) is 18.2 Å². The van der Waals surface area contributed by atoms with Gasteiger partial charge >= 0.3 is 5.97 Å². The van der Waals surface area contributed by atoms with E-state index < -0.39 is 5.41 Å². The van der Waals surface area contributed by atoms with Crippen LogP contribution >= 0.6 is 0 Å². The summed E-state index contributed by atoms with van der Waals surface area (Å²) in [4.78, 5) is 13.4. The van der Waals surface area contributed by atoms with Crippen molar-refractivity contribution in [2.24, 2.45) is 0 Å². The molecule has 4 heteroatoms. The van der Waals surface area contributed by atoms with Crippen LogP contribution in [0.25, 0.3) is 0 Å². The van der Waals surface area contributed by atoms with E-state index in [0.29, 0.717) is 0 Å². The molecule has 0 amide bonds. The van der Waals surface area contributed by atoms with Crippen LogP contribution < -0.4 is 4.90 Å². The molecule has 2 atom stereocenters. The molecular formula is C15H16N2O2. The average molecular weight is 256 g/mol. The van der Waals surface area contributed by atoms with E-state index in [1.165, 1.54) is 6.92 Å². The molecule has 1 fully saturated rings. The number of nitrogens with zero attached hydrogens (tertiary/aromatic N) is 2. The topological polar surface area (TPSA) is 53.3 Å². The summed E-state index contributed by atoms with van der Waals surface area (Å²) in [5, 5.41) is 9.76. The Bertz CT molecular complexity index is 564. The van der Waals surface area contributed by atoms with Crippen LogP contribution in [0.1, 0.15) is 25.3 Å². The smallest absolute Gasteiger partial charge is 0.302 e. The number of hydrogen-bond donors (Lipinski definition) is 0. The average Bonchev–Trinajstić information content (AvgIpc) is 2.97. The monoisotopic (exact) mass is 256 g/mol. The lowest BCUT2D eigenvalue weighted by Gasteiger charge is -2.29. The second-order valence-electron chi connectivity index (χ2n) is 5.23. The van der Waals surface area contributed by atoms with Gasteiger partial charge in [0.15, 0.2) is 0 Å². The molecule has 0 saturated carbocycles. The first-order valence-corrected chi connectivity index (χ1v) is 6.60. The fraction of sp³-hybridized carbons (Fsp3) is 0.467. The minimum Gasteiger partial charge on any atom is -0.464 e. The molecule has 0 aliphatic carbocycles. The molecule has 1 aromatic carbocycles. The van der Waals surface area contributed by atoms with Gasteiger partial charge in [0.1, 0.15) is 12.0 Å². The number of benzene rings is 1. The number of hydrogen-bond acceptors (Lipinski definition) is 4. The van der Waals surface area contributed by atoms with Crippen molar-refractivity contribution in [3.63, 3.8) is 0 Å². The zero-order valence-electron chi connectivity index (χ0n) is 10.9. The molecule has 2 aliphatic rings. The predicted octanol–water partition coefficient (Wildman–Crippen LogP) is 1.99. The fourth-order valence-electron chi connectivity index (χ4n) is 3.40. The number of anilines is 1. The molecule has 0 aromatic heterocycles. The summed E-state index contributed by atoms with van der Waals surface area (Å²) in [5.74, 6) is -0.330. The zero-order valence-corrected chi connectivity index (χ0v) is 10.9. The van der Waals surface area contributed by atoms with Crippen LogP contribution in [0, 0.1) is 11.3 Å². The standard InChI is InChI=1S/C15H16N2O2/c1-11(18)19-10-15(9-16)12-5-2-3-6-13(12)17-8-4-7-14(15)17/h2-3,5-6,14H,4,7-8,10H2,1H3/t14-,15+/m1/s1. The molecule has 0 spiro atoms. The van der Waals surface area contributed by atoms with Crippen LogP contribution in [0.4, 0.5) is 5.69 Å². The van der Waals surface area contributed by atoms with Gasteiger partial charge in [0.05, 0.1) is 12.1 Å². The van der Waals surface area contributed by atoms with Gasteiger partial charge in [-0.2, -0.15) is 5.26 Å². The lowest BCUT2D eigenvalue weighted by molar-refractivity contribution is -0.142. The Labute approximate surface area is 112 Å². The highest BCUT2D eigenvalue weighted by Crippen LogP contribution is 2.49. The van der Waals surface area contributed by atoms with Crippen LogP contribution in [0.5, 0.6) is 0 Å². The Hall–Kier alpha value is -2.02. The largest absolute Gasteiger partial charge is 0.464 e. The molecule has 0 bridgehead atoms. The van der Waals surface area contributed by atoms with Crippen LogP contribution in [-0.4, -0.2) is 25.2 Å². The number of carbonyl (C=O) groups excluding carboxylic acids is 1. The maximum Gasteiger partial charge on any atom is 0.302 e. The van der Waals surface area contributed by atoms with Gasteiger partial charge in [0, 0.05) is 24.7 Å². The number of carbonyl (C=O) groups is 1. The van der Waals surface area contributed by atoms with Crippen LogP contribution in [0.15, 0.2) is 24.3 Å². The van der Waals surface area contributed by atoms with Gasteiger partial charge in [0.2, 0.25) is 0 Å². The first kappa shape index (κ1) is 12.0. The SMILES string of the molecule is CC(=O)OC[C@@]1(C#N)c2ccccc2N2CCC[C@@H]21. The van der Waals surface area contributed by atoms with Gasteiger partial charge in [-0.05, 0) is 18.9 Å². The van der Waals surface area contributed by atoms with E-state index in [-0.39, 0.29) is 18.6 Å². The van der Waals surface area contributed by atoms with Crippen LogP contribution in [-0.2, 0) is 14.9 Å². The van der Waals surface area contributed by atoms with E-state index in [9.17, 15) is 10.1 Å². The maximum absolute atomic E-state index is 11.1. The highest BCUT2D eigenvalue weighted by atomic mass is 16.5. The van der Waals surface area contributed by atoms with Crippen molar-refractivity contribution >= 4 is 11.7 Å². The van der Waals surface area contributed by atoms with E-state index in [2.05, 4.69) is 17.0 Å². The third kappa shape index (κ3) is 1.61. The second kappa shape index (κ2) is 4.27. The summed E-state index contributed by atoms with van der Waals surface area (Å²) < 4.78 is 5.20. The normalized spacial score (nSPS) is 27.6.